The Balaban J connectivity index is 2.27. The van der Waals surface area contributed by atoms with Gasteiger partial charge in [-0.3, -0.25) is 4.79 Å². The second-order valence-electron chi connectivity index (χ2n) is 4.86. The molecular weight excluding hydrogens is 226 g/mol. The average molecular weight is 245 g/mol. The molecule has 1 aromatic carbocycles. The number of nitrogens with two attached hydrogens (primary N) is 1. The average Bonchev–Trinajstić information content (AvgIpc) is 2.61. The van der Waals surface area contributed by atoms with Crippen molar-refractivity contribution in [3.05, 3.63) is 29.6 Å². The molecule has 0 saturated carbocycles. The number of ketones is 1. The van der Waals surface area contributed by atoms with Crippen molar-refractivity contribution in [2.75, 3.05) is 0 Å². The third-order valence-electron chi connectivity index (χ3n) is 3.25. The smallest absolute Gasteiger partial charge is 0.163 e. The minimum atomic E-state index is 0.0646. The van der Waals surface area contributed by atoms with Crippen molar-refractivity contribution in [1.29, 1.82) is 0 Å². The lowest BCUT2D eigenvalue weighted by molar-refractivity contribution is 0.0978. The number of carbonyl (C=O) groups excluding carboxylic acids is 1. The van der Waals surface area contributed by atoms with Gasteiger partial charge in [0, 0.05) is 25.1 Å². The van der Waals surface area contributed by atoms with Gasteiger partial charge in [-0.25, -0.2) is 4.98 Å². The van der Waals surface area contributed by atoms with Gasteiger partial charge in [-0.05, 0) is 38.5 Å². The summed E-state index contributed by atoms with van der Waals surface area (Å²) in [5.41, 5.74) is 8.32. The Morgan fingerprint density at radius 3 is 2.89 bits per heavy atom. The van der Waals surface area contributed by atoms with Crippen LogP contribution in [-0.4, -0.2) is 21.4 Å². The van der Waals surface area contributed by atoms with E-state index in [-0.39, 0.29) is 11.8 Å². The topological polar surface area (TPSA) is 60.9 Å². The lowest BCUT2D eigenvalue weighted by atomic mass is 10.0. The summed E-state index contributed by atoms with van der Waals surface area (Å²) in [7, 11) is 1.97. The fourth-order valence-electron chi connectivity index (χ4n) is 2.00. The van der Waals surface area contributed by atoms with Crippen LogP contribution < -0.4 is 5.73 Å². The van der Waals surface area contributed by atoms with Gasteiger partial charge in [-0.2, -0.15) is 0 Å². The third-order valence-corrected chi connectivity index (χ3v) is 3.25. The second-order valence-corrected chi connectivity index (χ2v) is 4.86. The fourth-order valence-corrected chi connectivity index (χ4v) is 2.00. The van der Waals surface area contributed by atoms with E-state index in [1.807, 2.05) is 43.7 Å². The molecule has 2 N–H and O–H groups in total. The zero-order valence-electron chi connectivity index (χ0n) is 11.1. The number of hydrogen-bond acceptors (Lipinski definition) is 3. The maximum Gasteiger partial charge on any atom is 0.163 e. The van der Waals surface area contributed by atoms with Gasteiger partial charge in [0.1, 0.15) is 5.82 Å². The minimum absolute atomic E-state index is 0.0646. The summed E-state index contributed by atoms with van der Waals surface area (Å²) in [6.45, 7) is 3.87. The highest BCUT2D eigenvalue weighted by atomic mass is 16.1. The molecule has 4 nitrogen and oxygen atoms in total. The summed E-state index contributed by atoms with van der Waals surface area (Å²) in [5, 5.41) is 0. The van der Waals surface area contributed by atoms with E-state index in [1.165, 1.54) is 0 Å². The van der Waals surface area contributed by atoms with Gasteiger partial charge >= 0.3 is 0 Å². The SMILES string of the molecule is Cc1nc2cc(C(=O)CCC(C)N)ccc2n1C. The van der Waals surface area contributed by atoms with Gasteiger partial charge in [-0.1, -0.05) is 0 Å². The lowest BCUT2D eigenvalue weighted by Crippen LogP contribution is -2.16. The van der Waals surface area contributed by atoms with Crippen LogP contribution in [0.2, 0.25) is 0 Å². The fraction of sp³-hybridized carbons (Fsp3) is 0.429. The number of benzene rings is 1. The predicted molar refractivity (Wildman–Crippen MR) is 72.7 cm³/mol. The Bertz CT molecular complexity index is 584. The molecule has 0 aliphatic heterocycles. The molecule has 2 aromatic rings. The Hall–Kier alpha value is -1.68. The highest BCUT2D eigenvalue weighted by Crippen LogP contribution is 2.17. The molecule has 0 saturated heterocycles. The van der Waals surface area contributed by atoms with Crippen molar-refractivity contribution in [2.24, 2.45) is 12.8 Å². The van der Waals surface area contributed by atoms with Gasteiger partial charge in [0.2, 0.25) is 0 Å². The summed E-state index contributed by atoms with van der Waals surface area (Å²) in [5.74, 6) is 1.09. The molecule has 1 heterocycles. The highest BCUT2D eigenvalue weighted by molar-refractivity contribution is 5.98. The van der Waals surface area contributed by atoms with Crippen LogP contribution in [0.5, 0.6) is 0 Å². The van der Waals surface area contributed by atoms with Crippen molar-refractivity contribution in [2.45, 2.75) is 32.7 Å². The van der Waals surface area contributed by atoms with Crippen molar-refractivity contribution < 1.29 is 4.79 Å². The van der Waals surface area contributed by atoms with E-state index < -0.39 is 0 Å². The van der Waals surface area contributed by atoms with Crippen LogP contribution in [0.1, 0.15) is 35.9 Å². The number of Topliss-reactive ketones (excluding diaryl/α,β-unsaturated/α-hetero) is 1. The normalized spacial score (nSPS) is 12.9. The number of aryl methyl sites for hydroxylation is 2. The van der Waals surface area contributed by atoms with E-state index in [2.05, 4.69) is 4.98 Å². The molecule has 18 heavy (non-hydrogen) atoms. The molecule has 0 aliphatic rings. The van der Waals surface area contributed by atoms with Gasteiger partial charge in [-0.15, -0.1) is 0 Å². The first-order chi connectivity index (χ1) is 8.49. The standard InChI is InChI=1S/C14H19N3O/c1-9(15)4-7-14(18)11-5-6-13-12(8-11)16-10(2)17(13)3/h5-6,8-9H,4,7,15H2,1-3H3. The maximum atomic E-state index is 12.0. The van der Waals surface area contributed by atoms with Crippen LogP contribution in [-0.2, 0) is 7.05 Å². The van der Waals surface area contributed by atoms with Crippen LogP contribution >= 0.6 is 0 Å². The molecular formula is C14H19N3O. The molecule has 96 valence electrons. The first kappa shape index (κ1) is 12.8. The molecule has 0 aliphatic carbocycles. The van der Waals surface area contributed by atoms with E-state index in [4.69, 9.17) is 5.73 Å². The first-order valence-corrected chi connectivity index (χ1v) is 6.21. The second kappa shape index (κ2) is 4.90. The Morgan fingerprint density at radius 2 is 2.22 bits per heavy atom. The monoisotopic (exact) mass is 245 g/mol. The Labute approximate surface area is 107 Å². The summed E-state index contributed by atoms with van der Waals surface area (Å²) in [6.07, 6.45) is 1.22. The maximum absolute atomic E-state index is 12.0. The van der Waals surface area contributed by atoms with Crippen molar-refractivity contribution in [3.63, 3.8) is 0 Å². The zero-order valence-corrected chi connectivity index (χ0v) is 11.1. The zero-order chi connectivity index (χ0) is 13.3. The number of imidazole rings is 1. The molecule has 4 heteroatoms. The van der Waals surface area contributed by atoms with E-state index in [1.54, 1.807) is 0 Å². The molecule has 0 fully saturated rings. The largest absolute Gasteiger partial charge is 0.331 e. The summed E-state index contributed by atoms with van der Waals surface area (Å²) in [6, 6.07) is 5.75. The minimum Gasteiger partial charge on any atom is -0.331 e. The van der Waals surface area contributed by atoms with Crippen molar-refractivity contribution in [1.82, 2.24) is 9.55 Å². The quantitative estimate of drug-likeness (QED) is 0.840. The van der Waals surface area contributed by atoms with Gasteiger partial charge in [0.15, 0.2) is 5.78 Å². The highest BCUT2D eigenvalue weighted by Gasteiger charge is 2.10. The van der Waals surface area contributed by atoms with Crippen LogP contribution in [0.15, 0.2) is 18.2 Å². The molecule has 0 spiro atoms. The molecule has 0 bridgehead atoms. The van der Waals surface area contributed by atoms with Crippen molar-refractivity contribution in [3.8, 4) is 0 Å². The Morgan fingerprint density at radius 1 is 1.50 bits per heavy atom. The molecule has 1 aromatic heterocycles. The van der Waals surface area contributed by atoms with E-state index >= 15 is 0 Å². The molecule has 1 atom stereocenters. The summed E-state index contributed by atoms with van der Waals surface area (Å²) in [4.78, 5) is 16.4. The first-order valence-electron chi connectivity index (χ1n) is 6.21. The van der Waals surface area contributed by atoms with Gasteiger partial charge in [0.05, 0.1) is 11.0 Å². The van der Waals surface area contributed by atoms with Gasteiger partial charge in [0.25, 0.3) is 0 Å². The van der Waals surface area contributed by atoms with Crippen LogP contribution in [0, 0.1) is 6.92 Å². The summed E-state index contributed by atoms with van der Waals surface area (Å²) >= 11 is 0. The van der Waals surface area contributed by atoms with E-state index in [9.17, 15) is 4.79 Å². The van der Waals surface area contributed by atoms with Crippen LogP contribution in [0.25, 0.3) is 11.0 Å². The van der Waals surface area contributed by atoms with E-state index in [0.717, 1.165) is 28.8 Å². The number of aromatic nitrogens is 2. The third kappa shape index (κ3) is 2.43. The number of nitrogens with zero attached hydrogens (tertiary/aromatic N) is 2. The molecule has 1 unspecified atom stereocenters. The van der Waals surface area contributed by atoms with Crippen LogP contribution in [0.4, 0.5) is 0 Å². The van der Waals surface area contributed by atoms with Crippen molar-refractivity contribution >= 4 is 16.8 Å². The Kier molecular flexibility index (Phi) is 3.48. The number of rotatable bonds is 4. The molecule has 0 radical (unpaired) electrons. The van der Waals surface area contributed by atoms with E-state index in [0.29, 0.717) is 6.42 Å². The number of carbonyl (C=O) groups is 1. The molecule has 2 rings (SSSR count). The number of hydrogen-bond donors (Lipinski definition) is 1. The summed E-state index contributed by atoms with van der Waals surface area (Å²) < 4.78 is 2.02. The predicted octanol–water partition coefficient (Wildman–Crippen LogP) is 2.19. The molecule has 0 amide bonds. The van der Waals surface area contributed by atoms with Crippen LogP contribution in [0.3, 0.4) is 0 Å². The number of fused-ring (bicyclic) bond motifs is 1. The lowest BCUT2D eigenvalue weighted by Gasteiger charge is -2.04. The van der Waals surface area contributed by atoms with Gasteiger partial charge < -0.3 is 10.3 Å².